The number of nitrogens with two attached hydrogens (primary N) is 1. The van der Waals surface area contributed by atoms with Gasteiger partial charge >= 0.3 is 0 Å². The Hall–Kier alpha value is -1.20. The van der Waals surface area contributed by atoms with E-state index in [1.165, 1.54) is 0 Å². The van der Waals surface area contributed by atoms with Crippen molar-refractivity contribution in [1.82, 2.24) is 14.5 Å². The number of pyridine rings is 1. The first-order valence-corrected chi connectivity index (χ1v) is 5.36. The van der Waals surface area contributed by atoms with Gasteiger partial charge in [-0.15, -0.1) is 0 Å². The molecule has 0 aromatic carbocycles. The van der Waals surface area contributed by atoms with Crippen LogP contribution in [0, 0.1) is 0 Å². The van der Waals surface area contributed by atoms with Gasteiger partial charge in [0.05, 0.1) is 5.69 Å². The van der Waals surface area contributed by atoms with Gasteiger partial charge in [0, 0.05) is 19.8 Å². The molecule has 5 heteroatoms. The number of hydrogen-bond donors (Lipinski definition) is 1. The van der Waals surface area contributed by atoms with Crippen LogP contribution in [0.15, 0.2) is 29.0 Å². The molecule has 78 valence electrons. The van der Waals surface area contributed by atoms with E-state index in [9.17, 15) is 0 Å². The molecule has 0 bridgehead atoms. The van der Waals surface area contributed by atoms with Crippen molar-refractivity contribution in [2.45, 2.75) is 6.54 Å². The van der Waals surface area contributed by atoms with Crippen LogP contribution in [-0.2, 0) is 13.6 Å². The Labute approximate surface area is 96.3 Å². The molecule has 0 fully saturated rings. The van der Waals surface area contributed by atoms with Crippen molar-refractivity contribution in [3.63, 3.8) is 0 Å². The fourth-order valence-corrected chi connectivity index (χ4v) is 2.04. The van der Waals surface area contributed by atoms with Crippen LogP contribution >= 0.6 is 15.9 Å². The van der Waals surface area contributed by atoms with Gasteiger partial charge in [0.2, 0.25) is 0 Å². The second-order valence-electron chi connectivity index (χ2n) is 3.15. The molecule has 2 aromatic rings. The standard InChI is InChI=1S/C10H11BrN4/c1-15-8(6-12)9(11)14-10(15)7-4-2-3-5-13-7/h2-5H,6,12H2,1H3. The molecular weight excluding hydrogens is 256 g/mol. The van der Waals surface area contributed by atoms with Crippen LogP contribution in [0.3, 0.4) is 0 Å². The van der Waals surface area contributed by atoms with Crippen molar-refractivity contribution in [3.05, 3.63) is 34.7 Å². The zero-order valence-electron chi connectivity index (χ0n) is 8.31. The van der Waals surface area contributed by atoms with Gasteiger partial charge in [0.15, 0.2) is 5.82 Å². The number of rotatable bonds is 2. The summed E-state index contributed by atoms with van der Waals surface area (Å²) in [5.41, 5.74) is 7.45. The molecule has 0 aliphatic rings. The lowest BCUT2D eigenvalue weighted by Crippen LogP contribution is -2.05. The van der Waals surface area contributed by atoms with Crippen molar-refractivity contribution < 1.29 is 0 Å². The third kappa shape index (κ3) is 1.80. The summed E-state index contributed by atoms with van der Waals surface area (Å²) < 4.78 is 2.74. The lowest BCUT2D eigenvalue weighted by atomic mass is 10.3. The molecule has 4 nitrogen and oxygen atoms in total. The molecule has 0 aliphatic heterocycles. The number of halogens is 1. The van der Waals surface area contributed by atoms with E-state index in [-0.39, 0.29) is 0 Å². The van der Waals surface area contributed by atoms with Crippen molar-refractivity contribution in [2.75, 3.05) is 0 Å². The second kappa shape index (κ2) is 4.12. The van der Waals surface area contributed by atoms with Crippen LogP contribution in [0.2, 0.25) is 0 Å². The third-order valence-electron chi connectivity index (χ3n) is 2.25. The lowest BCUT2D eigenvalue weighted by Gasteiger charge is -2.02. The first-order valence-electron chi connectivity index (χ1n) is 4.56. The number of imidazole rings is 1. The number of aromatic nitrogens is 3. The van der Waals surface area contributed by atoms with E-state index in [0.29, 0.717) is 6.54 Å². The van der Waals surface area contributed by atoms with Crippen LogP contribution in [0.25, 0.3) is 11.5 Å². The molecule has 0 unspecified atom stereocenters. The van der Waals surface area contributed by atoms with E-state index in [2.05, 4.69) is 25.9 Å². The summed E-state index contributed by atoms with van der Waals surface area (Å²) in [7, 11) is 1.93. The minimum atomic E-state index is 0.455. The Morgan fingerprint density at radius 2 is 2.27 bits per heavy atom. The highest BCUT2D eigenvalue weighted by atomic mass is 79.9. The van der Waals surface area contributed by atoms with Gasteiger partial charge in [-0.2, -0.15) is 0 Å². The highest BCUT2D eigenvalue weighted by Crippen LogP contribution is 2.22. The minimum Gasteiger partial charge on any atom is -0.328 e. The van der Waals surface area contributed by atoms with Gasteiger partial charge in [-0.25, -0.2) is 4.98 Å². The first-order chi connectivity index (χ1) is 7.24. The van der Waals surface area contributed by atoms with E-state index in [1.54, 1.807) is 6.20 Å². The highest BCUT2D eigenvalue weighted by molar-refractivity contribution is 9.10. The molecule has 0 atom stereocenters. The van der Waals surface area contributed by atoms with Crippen LogP contribution < -0.4 is 5.73 Å². The average molecular weight is 267 g/mol. The summed E-state index contributed by atoms with van der Waals surface area (Å²) >= 11 is 3.39. The molecule has 2 aromatic heterocycles. The average Bonchev–Trinajstić information content (AvgIpc) is 2.55. The quantitative estimate of drug-likeness (QED) is 0.901. The van der Waals surface area contributed by atoms with E-state index in [0.717, 1.165) is 21.8 Å². The Balaban J connectivity index is 2.55. The van der Waals surface area contributed by atoms with Gasteiger partial charge in [0.25, 0.3) is 0 Å². The molecule has 0 spiro atoms. The predicted molar refractivity (Wildman–Crippen MR) is 62.0 cm³/mol. The SMILES string of the molecule is Cn1c(-c2ccccn2)nc(Br)c1CN. The van der Waals surface area contributed by atoms with E-state index >= 15 is 0 Å². The highest BCUT2D eigenvalue weighted by Gasteiger charge is 2.12. The van der Waals surface area contributed by atoms with Gasteiger partial charge in [-0.1, -0.05) is 6.07 Å². The Bertz CT molecular complexity index is 464. The zero-order valence-corrected chi connectivity index (χ0v) is 9.90. The van der Waals surface area contributed by atoms with E-state index in [1.807, 2.05) is 29.8 Å². The smallest absolute Gasteiger partial charge is 0.159 e. The lowest BCUT2D eigenvalue weighted by molar-refractivity contribution is 0.822. The summed E-state index contributed by atoms with van der Waals surface area (Å²) in [4.78, 5) is 8.64. The Kier molecular flexibility index (Phi) is 2.83. The molecular formula is C10H11BrN4. The fraction of sp³-hybridized carbons (Fsp3) is 0.200. The van der Waals surface area contributed by atoms with Crippen LogP contribution in [0.1, 0.15) is 5.69 Å². The molecule has 0 saturated carbocycles. The largest absolute Gasteiger partial charge is 0.328 e. The maximum absolute atomic E-state index is 5.63. The predicted octanol–water partition coefficient (Wildman–Crippen LogP) is 1.70. The summed E-state index contributed by atoms with van der Waals surface area (Å²) in [6, 6.07) is 5.74. The maximum atomic E-state index is 5.63. The van der Waals surface area contributed by atoms with Gasteiger partial charge < -0.3 is 10.3 Å². The van der Waals surface area contributed by atoms with Crippen molar-refractivity contribution >= 4 is 15.9 Å². The zero-order chi connectivity index (χ0) is 10.8. The number of hydrogen-bond acceptors (Lipinski definition) is 3. The molecule has 15 heavy (non-hydrogen) atoms. The molecule has 0 amide bonds. The van der Waals surface area contributed by atoms with Crippen molar-refractivity contribution in [3.8, 4) is 11.5 Å². The van der Waals surface area contributed by atoms with Gasteiger partial charge in [-0.05, 0) is 28.1 Å². The first kappa shape index (κ1) is 10.3. The summed E-state index contributed by atoms with van der Waals surface area (Å²) in [5, 5.41) is 0. The molecule has 0 radical (unpaired) electrons. The van der Waals surface area contributed by atoms with Gasteiger partial charge in [0.1, 0.15) is 10.3 Å². The van der Waals surface area contributed by atoms with E-state index < -0.39 is 0 Å². The van der Waals surface area contributed by atoms with Crippen LogP contribution in [-0.4, -0.2) is 14.5 Å². The number of nitrogens with zero attached hydrogens (tertiary/aromatic N) is 3. The fourth-order valence-electron chi connectivity index (χ4n) is 1.44. The van der Waals surface area contributed by atoms with Crippen molar-refractivity contribution in [1.29, 1.82) is 0 Å². The summed E-state index contributed by atoms with van der Waals surface area (Å²) in [5.74, 6) is 0.822. The van der Waals surface area contributed by atoms with Gasteiger partial charge in [-0.3, -0.25) is 4.98 Å². The van der Waals surface area contributed by atoms with Crippen molar-refractivity contribution in [2.24, 2.45) is 12.8 Å². The Morgan fingerprint density at radius 3 is 2.80 bits per heavy atom. The van der Waals surface area contributed by atoms with E-state index in [4.69, 9.17) is 5.73 Å². The third-order valence-corrected chi connectivity index (χ3v) is 2.89. The Morgan fingerprint density at radius 1 is 1.47 bits per heavy atom. The summed E-state index contributed by atoms with van der Waals surface area (Å²) in [6.07, 6.45) is 1.75. The second-order valence-corrected chi connectivity index (χ2v) is 3.90. The minimum absolute atomic E-state index is 0.455. The topological polar surface area (TPSA) is 56.7 Å². The molecule has 2 rings (SSSR count). The van der Waals surface area contributed by atoms with Crippen LogP contribution in [0.4, 0.5) is 0 Å². The molecule has 0 aliphatic carbocycles. The maximum Gasteiger partial charge on any atom is 0.159 e. The molecule has 0 saturated heterocycles. The molecule has 2 heterocycles. The summed E-state index contributed by atoms with van der Waals surface area (Å²) in [6.45, 7) is 0.455. The normalized spacial score (nSPS) is 10.6. The monoisotopic (exact) mass is 266 g/mol. The molecule has 2 N–H and O–H groups in total. The van der Waals surface area contributed by atoms with Crippen LogP contribution in [0.5, 0.6) is 0 Å².